The zero-order valence-corrected chi connectivity index (χ0v) is 10.8. The second-order valence-corrected chi connectivity index (χ2v) is 4.84. The average molecular weight is 274 g/mol. The van der Waals surface area contributed by atoms with Crippen molar-refractivity contribution in [2.75, 3.05) is 0 Å². The van der Waals surface area contributed by atoms with Crippen molar-refractivity contribution in [1.29, 1.82) is 0 Å². The number of hydrazine groups is 1. The summed E-state index contributed by atoms with van der Waals surface area (Å²) in [6.07, 6.45) is 0.733. The SMILES string of the molecule is CC1CC(NC(=O)c2cccc(Cl)c2Cl)NN1. The Bertz CT molecular complexity index is 439. The van der Waals surface area contributed by atoms with Gasteiger partial charge in [0.15, 0.2) is 0 Å². The van der Waals surface area contributed by atoms with Gasteiger partial charge in [-0.2, -0.15) is 0 Å². The van der Waals surface area contributed by atoms with Gasteiger partial charge in [0.05, 0.1) is 21.8 Å². The summed E-state index contributed by atoms with van der Waals surface area (Å²) in [5, 5.41) is 3.50. The van der Waals surface area contributed by atoms with Crippen LogP contribution in [0.2, 0.25) is 10.0 Å². The molecule has 4 nitrogen and oxygen atoms in total. The molecule has 0 saturated carbocycles. The Kier molecular flexibility index (Phi) is 3.89. The number of nitrogens with one attached hydrogen (secondary N) is 3. The predicted octanol–water partition coefficient (Wildman–Crippen LogP) is 1.94. The van der Waals surface area contributed by atoms with Crippen LogP contribution in [0.25, 0.3) is 0 Å². The quantitative estimate of drug-likeness (QED) is 0.772. The number of halogens is 2. The molecule has 2 atom stereocenters. The van der Waals surface area contributed by atoms with Crippen LogP contribution < -0.4 is 16.2 Å². The van der Waals surface area contributed by atoms with Crippen LogP contribution in [-0.4, -0.2) is 18.1 Å². The molecule has 1 fully saturated rings. The van der Waals surface area contributed by atoms with Crippen LogP contribution in [0.3, 0.4) is 0 Å². The summed E-state index contributed by atoms with van der Waals surface area (Å²) in [4.78, 5) is 12.0. The van der Waals surface area contributed by atoms with Gasteiger partial charge < -0.3 is 5.32 Å². The molecule has 92 valence electrons. The van der Waals surface area contributed by atoms with Crippen LogP contribution in [-0.2, 0) is 0 Å². The summed E-state index contributed by atoms with van der Waals surface area (Å²) in [7, 11) is 0. The van der Waals surface area contributed by atoms with Crippen molar-refractivity contribution in [3.8, 4) is 0 Å². The van der Waals surface area contributed by atoms with E-state index in [0.29, 0.717) is 16.6 Å². The maximum Gasteiger partial charge on any atom is 0.254 e. The van der Waals surface area contributed by atoms with Crippen LogP contribution in [0.1, 0.15) is 23.7 Å². The van der Waals surface area contributed by atoms with Gasteiger partial charge in [0, 0.05) is 6.04 Å². The molecule has 2 unspecified atom stereocenters. The molecule has 0 radical (unpaired) electrons. The monoisotopic (exact) mass is 273 g/mol. The first-order valence-electron chi connectivity index (χ1n) is 5.34. The van der Waals surface area contributed by atoms with Crippen molar-refractivity contribution in [3.63, 3.8) is 0 Å². The molecule has 1 aliphatic heterocycles. The van der Waals surface area contributed by atoms with E-state index in [-0.39, 0.29) is 17.1 Å². The molecule has 6 heteroatoms. The van der Waals surface area contributed by atoms with Gasteiger partial charge >= 0.3 is 0 Å². The predicted molar refractivity (Wildman–Crippen MR) is 68.1 cm³/mol. The Balaban J connectivity index is 2.07. The number of benzene rings is 1. The normalized spacial score (nSPS) is 23.7. The molecular formula is C11H13Cl2N3O. The van der Waals surface area contributed by atoms with E-state index in [2.05, 4.69) is 16.2 Å². The van der Waals surface area contributed by atoms with E-state index < -0.39 is 0 Å². The Labute approximate surface area is 110 Å². The minimum atomic E-state index is -0.231. The lowest BCUT2D eigenvalue weighted by Gasteiger charge is -2.13. The molecule has 0 aliphatic carbocycles. The van der Waals surface area contributed by atoms with Gasteiger partial charge in [-0.25, -0.2) is 5.43 Å². The Hall–Kier alpha value is -0.810. The van der Waals surface area contributed by atoms with E-state index >= 15 is 0 Å². The standard InChI is InChI=1S/C11H13Cl2N3O/c1-6-5-9(16-15-6)14-11(17)7-3-2-4-8(12)10(7)13/h2-4,6,9,15-16H,5H2,1H3,(H,14,17). The summed E-state index contributed by atoms with van der Waals surface area (Å²) >= 11 is 11.8. The largest absolute Gasteiger partial charge is 0.335 e. The van der Waals surface area contributed by atoms with E-state index in [0.717, 1.165) is 6.42 Å². The van der Waals surface area contributed by atoms with E-state index in [9.17, 15) is 4.79 Å². The fourth-order valence-corrected chi connectivity index (χ4v) is 2.11. The molecular weight excluding hydrogens is 261 g/mol. The minimum absolute atomic E-state index is 0.0902. The van der Waals surface area contributed by atoms with Gasteiger partial charge in [-0.05, 0) is 25.5 Å². The summed E-state index contributed by atoms with van der Waals surface area (Å²) in [6.45, 7) is 2.03. The van der Waals surface area contributed by atoms with Gasteiger partial charge in [-0.1, -0.05) is 29.3 Å². The maximum absolute atomic E-state index is 12.0. The fourth-order valence-electron chi connectivity index (χ4n) is 1.72. The van der Waals surface area contributed by atoms with Gasteiger partial charge in [0.25, 0.3) is 5.91 Å². The van der Waals surface area contributed by atoms with Crippen molar-refractivity contribution in [3.05, 3.63) is 33.8 Å². The summed E-state index contributed by atoms with van der Waals surface area (Å²) in [5.41, 5.74) is 6.40. The molecule has 1 heterocycles. The zero-order chi connectivity index (χ0) is 12.4. The number of hydrogen-bond acceptors (Lipinski definition) is 3. The molecule has 1 aromatic rings. The Morgan fingerprint density at radius 3 is 2.82 bits per heavy atom. The van der Waals surface area contributed by atoms with Gasteiger partial charge in [-0.3, -0.25) is 10.2 Å². The smallest absolute Gasteiger partial charge is 0.254 e. The second kappa shape index (κ2) is 5.23. The zero-order valence-electron chi connectivity index (χ0n) is 9.26. The molecule has 0 bridgehead atoms. The van der Waals surface area contributed by atoms with E-state index in [1.807, 2.05) is 6.92 Å². The molecule has 3 N–H and O–H groups in total. The molecule has 1 aromatic carbocycles. The third-order valence-electron chi connectivity index (χ3n) is 2.59. The first-order chi connectivity index (χ1) is 8.08. The van der Waals surface area contributed by atoms with Crippen LogP contribution in [0, 0.1) is 0 Å². The average Bonchev–Trinajstić information content (AvgIpc) is 2.68. The highest BCUT2D eigenvalue weighted by Crippen LogP contribution is 2.25. The number of amides is 1. The summed E-state index contributed by atoms with van der Waals surface area (Å²) < 4.78 is 0. The molecule has 0 spiro atoms. The molecule has 17 heavy (non-hydrogen) atoms. The minimum Gasteiger partial charge on any atom is -0.335 e. The number of carbonyl (C=O) groups excluding carboxylic acids is 1. The first kappa shape index (κ1) is 12.6. The Morgan fingerprint density at radius 1 is 1.41 bits per heavy atom. The van der Waals surface area contributed by atoms with Crippen molar-refractivity contribution in [2.24, 2.45) is 0 Å². The molecule has 1 saturated heterocycles. The maximum atomic E-state index is 12.0. The van der Waals surface area contributed by atoms with Gasteiger partial charge in [0.2, 0.25) is 0 Å². The van der Waals surface area contributed by atoms with E-state index in [4.69, 9.17) is 23.2 Å². The summed E-state index contributed by atoms with van der Waals surface area (Å²) in [5.74, 6) is -0.231. The first-order valence-corrected chi connectivity index (χ1v) is 6.09. The third-order valence-corrected chi connectivity index (χ3v) is 3.41. The highest BCUT2D eigenvalue weighted by Gasteiger charge is 2.23. The highest BCUT2D eigenvalue weighted by atomic mass is 35.5. The molecule has 1 amide bonds. The van der Waals surface area contributed by atoms with Crippen molar-refractivity contribution in [1.82, 2.24) is 16.2 Å². The molecule has 1 aliphatic rings. The topological polar surface area (TPSA) is 53.2 Å². The second-order valence-electron chi connectivity index (χ2n) is 4.05. The van der Waals surface area contributed by atoms with Crippen molar-refractivity contribution < 1.29 is 4.79 Å². The third kappa shape index (κ3) is 2.90. The lowest BCUT2D eigenvalue weighted by Crippen LogP contribution is -2.44. The van der Waals surface area contributed by atoms with E-state index in [1.54, 1.807) is 18.2 Å². The highest BCUT2D eigenvalue weighted by molar-refractivity contribution is 6.43. The Morgan fingerprint density at radius 2 is 2.18 bits per heavy atom. The van der Waals surface area contributed by atoms with Crippen LogP contribution >= 0.6 is 23.2 Å². The lowest BCUT2D eigenvalue weighted by molar-refractivity contribution is 0.0932. The lowest BCUT2D eigenvalue weighted by atomic mass is 10.2. The number of carbonyl (C=O) groups is 1. The van der Waals surface area contributed by atoms with Crippen molar-refractivity contribution in [2.45, 2.75) is 25.6 Å². The van der Waals surface area contributed by atoms with Crippen LogP contribution in [0.15, 0.2) is 18.2 Å². The number of rotatable bonds is 2. The fraction of sp³-hybridized carbons (Fsp3) is 0.364. The van der Waals surface area contributed by atoms with Gasteiger partial charge in [0.1, 0.15) is 0 Å². The summed E-state index contributed by atoms with van der Waals surface area (Å²) in [6, 6.07) is 5.33. The molecule has 0 aromatic heterocycles. The van der Waals surface area contributed by atoms with Crippen LogP contribution in [0.5, 0.6) is 0 Å². The van der Waals surface area contributed by atoms with Gasteiger partial charge in [-0.15, -0.1) is 0 Å². The van der Waals surface area contributed by atoms with Crippen molar-refractivity contribution >= 4 is 29.1 Å². The van der Waals surface area contributed by atoms with Crippen LogP contribution in [0.4, 0.5) is 0 Å². The van der Waals surface area contributed by atoms with E-state index in [1.165, 1.54) is 0 Å². The molecule has 2 rings (SSSR count). The number of hydrogen-bond donors (Lipinski definition) is 3.